The van der Waals surface area contributed by atoms with Crippen molar-refractivity contribution in [1.29, 1.82) is 0 Å². The molecule has 0 spiro atoms. The second-order valence-electron chi connectivity index (χ2n) is 7.78. The number of rotatable bonds is 5. The Morgan fingerprint density at radius 2 is 1.70 bits per heavy atom. The number of hydrogen-bond acceptors (Lipinski definition) is 2. The van der Waals surface area contributed by atoms with Gasteiger partial charge in [0.25, 0.3) is 0 Å². The molecule has 1 saturated carbocycles. The lowest BCUT2D eigenvalue weighted by atomic mass is 9.81. The lowest BCUT2D eigenvalue weighted by molar-refractivity contribution is 0.0570. The van der Waals surface area contributed by atoms with Crippen LogP contribution < -0.4 is 4.72 Å². The highest BCUT2D eigenvalue weighted by Gasteiger charge is 2.33. The SMILES string of the molecule is Cc1ccc([C@H](NS(=O)C(C)(C)C)[C@H](O)C2CCCCC2)cc1. The van der Waals surface area contributed by atoms with E-state index < -0.39 is 17.1 Å². The van der Waals surface area contributed by atoms with E-state index in [1.807, 2.05) is 32.9 Å². The van der Waals surface area contributed by atoms with Crippen molar-refractivity contribution in [2.45, 2.75) is 76.7 Å². The van der Waals surface area contributed by atoms with Crippen LogP contribution in [0.5, 0.6) is 0 Å². The molecule has 0 amide bonds. The largest absolute Gasteiger partial charge is 0.391 e. The predicted octanol–water partition coefficient (Wildman–Crippen LogP) is 4.03. The lowest BCUT2D eigenvalue weighted by Crippen LogP contribution is -2.43. The fraction of sp³-hybridized carbons (Fsp3) is 0.684. The summed E-state index contributed by atoms with van der Waals surface area (Å²) in [5.74, 6) is 0.291. The average Bonchev–Trinajstić information content (AvgIpc) is 2.52. The molecule has 0 aliphatic heterocycles. The molecule has 2 N–H and O–H groups in total. The molecule has 2 rings (SSSR count). The highest BCUT2D eigenvalue weighted by molar-refractivity contribution is 7.84. The van der Waals surface area contributed by atoms with Gasteiger partial charge in [0.05, 0.1) is 27.9 Å². The number of aliphatic hydroxyl groups is 1. The zero-order valence-electron chi connectivity index (χ0n) is 14.8. The van der Waals surface area contributed by atoms with Crippen molar-refractivity contribution < 1.29 is 9.32 Å². The Morgan fingerprint density at radius 3 is 2.22 bits per heavy atom. The number of benzene rings is 1. The van der Waals surface area contributed by atoms with E-state index in [0.29, 0.717) is 5.92 Å². The van der Waals surface area contributed by atoms with Crippen LogP contribution in [0.3, 0.4) is 0 Å². The van der Waals surface area contributed by atoms with Gasteiger partial charge in [0.1, 0.15) is 0 Å². The highest BCUT2D eigenvalue weighted by atomic mass is 32.2. The first kappa shape index (κ1) is 18.6. The Labute approximate surface area is 143 Å². The summed E-state index contributed by atoms with van der Waals surface area (Å²) in [5.41, 5.74) is 2.21. The van der Waals surface area contributed by atoms with Gasteiger partial charge in [0.2, 0.25) is 0 Å². The van der Waals surface area contributed by atoms with Gasteiger partial charge in [0, 0.05) is 0 Å². The monoisotopic (exact) mass is 337 g/mol. The molecular weight excluding hydrogens is 306 g/mol. The van der Waals surface area contributed by atoms with E-state index in [4.69, 9.17) is 0 Å². The van der Waals surface area contributed by atoms with Crippen molar-refractivity contribution in [2.24, 2.45) is 5.92 Å². The molecule has 0 radical (unpaired) electrons. The molecule has 3 nitrogen and oxygen atoms in total. The summed E-state index contributed by atoms with van der Waals surface area (Å²) < 4.78 is 15.5. The van der Waals surface area contributed by atoms with Crippen LogP contribution in [0.25, 0.3) is 0 Å². The molecule has 23 heavy (non-hydrogen) atoms. The minimum Gasteiger partial charge on any atom is -0.391 e. The summed E-state index contributed by atoms with van der Waals surface area (Å²) in [6, 6.07) is 7.91. The number of hydrogen-bond donors (Lipinski definition) is 2. The second kappa shape index (κ2) is 7.91. The number of aliphatic hydroxyl groups excluding tert-OH is 1. The lowest BCUT2D eigenvalue weighted by Gasteiger charge is -2.34. The van der Waals surface area contributed by atoms with Crippen molar-refractivity contribution >= 4 is 11.0 Å². The summed E-state index contributed by atoms with van der Waals surface area (Å²) >= 11 is 0. The van der Waals surface area contributed by atoms with Gasteiger partial charge >= 0.3 is 0 Å². The first-order valence-electron chi connectivity index (χ1n) is 8.71. The Bertz CT molecular complexity index is 515. The third kappa shape index (κ3) is 5.13. The molecule has 4 heteroatoms. The van der Waals surface area contributed by atoms with Gasteiger partial charge in [-0.05, 0) is 52.0 Å². The summed E-state index contributed by atoms with van der Waals surface area (Å²) in [4.78, 5) is 0. The van der Waals surface area contributed by atoms with Gasteiger partial charge in [-0.25, -0.2) is 8.93 Å². The van der Waals surface area contributed by atoms with Crippen molar-refractivity contribution in [3.05, 3.63) is 35.4 Å². The van der Waals surface area contributed by atoms with Crippen molar-refractivity contribution in [2.75, 3.05) is 0 Å². The Balaban J connectivity index is 2.22. The molecule has 1 aliphatic rings. The summed E-state index contributed by atoms with van der Waals surface area (Å²) in [5, 5.41) is 11.0. The molecule has 0 bridgehead atoms. The van der Waals surface area contributed by atoms with Crippen LogP contribution in [0.4, 0.5) is 0 Å². The molecule has 1 unspecified atom stereocenters. The molecule has 0 heterocycles. The van der Waals surface area contributed by atoms with E-state index in [9.17, 15) is 9.32 Å². The molecule has 130 valence electrons. The predicted molar refractivity (Wildman–Crippen MR) is 97.5 cm³/mol. The fourth-order valence-electron chi connectivity index (χ4n) is 3.15. The fourth-order valence-corrected chi connectivity index (χ4v) is 4.01. The maximum Gasteiger partial charge on any atom is 0.0976 e. The van der Waals surface area contributed by atoms with Crippen LogP contribution in [0.1, 0.15) is 70.0 Å². The summed E-state index contributed by atoms with van der Waals surface area (Å²) in [6.45, 7) is 7.91. The second-order valence-corrected chi connectivity index (χ2v) is 9.77. The minimum atomic E-state index is -1.21. The van der Waals surface area contributed by atoms with Crippen molar-refractivity contribution in [3.8, 4) is 0 Å². The maximum absolute atomic E-state index is 12.6. The van der Waals surface area contributed by atoms with Crippen molar-refractivity contribution in [3.63, 3.8) is 0 Å². The van der Waals surface area contributed by atoms with Crippen LogP contribution in [0.15, 0.2) is 24.3 Å². The van der Waals surface area contributed by atoms with Gasteiger partial charge in [0.15, 0.2) is 0 Å². The molecule has 0 saturated heterocycles. The third-order valence-electron chi connectivity index (χ3n) is 4.70. The van der Waals surface area contributed by atoms with Gasteiger partial charge in [-0.2, -0.15) is 0 Å². The Hall–Kier alpha value is -0.710. The van der Waals surface area contributed by atoms with E-state index in [1.165, 1.54) is 24.8 Å². The van der Waals surface area contributed by atoms with Gasteiger partial charge in [-0.15, -0.1) is 0 Å². The molecule has 3 atom stereocenters. The van der Waals surface area contributed by atoms with E-state index in [2.05, 4.69) is 23.8 Å². The maximum atomic E-state index is 12.6. The molecule has 1 fully saturated rings. The molecule has 1 aromatic carbocycles. The van der Waals surface area contributed by atoms with Gasteiger partial charge in [-0.3, -0.25) is 0 Å². The smallest absolute Gasteiger partial charge is 0.0976 e. The number of aryl methyl sites for hydroxylation is 1. The summed E-state index contributed by atoms with van der Waals surface area (Å²) in [7, 11) is -1.21. The van der Waals surface area contributed by atoms with Crippen LogP contribution in [0.2, 0.25) is 0 Å². The van der Waals surface area contributed by atoms with E-state index in [1.54, 1.807) is 0 Å². The zero-order valence-corrected chi connectivity index (χ0v) is 15.7. The van der Waals surface area contributed by atoms with Crippen LogP contribution >= 0.6 is 0 Å². The molecular formula is C19H31NO2S. The first-order valence-corrected chi connectivity index (χ1v) is 9.86. The van der Waals surface area contributed by atoms with Crippen LogP contribution in [-0.4, -0.2) is 20.2 Å². The normalized spacial score (nSPS) is 20.9. The van der Waals surface area contributed by atoms with Crippen LogP contribution in [-0.2, 0) is 11.0 Å². The summed E-state index contributed by atoms with van der Waals surface area (Å²) in [6.07, 6.45) is 5.26. The first-order chi connectivity index (χ1) is 10.8. The number of nitrogens with one attached hydrogen (secondary N) is 1. The Morgan fingerprint density at radius 1 is 1.13 bits per heavy atom. The van der Waals surface area contributed by atoms with E-state index >= 15 is 0 Å². The molecule has 0 aromatic heterocycles. The van der Waals surface area contributed by atoms with Crippen molar-refractivity contribution in [1.82, 2.24) is 4.72 Å². The van der Waals surface area contributed by atoms with E-state index in [-0.39, 0.29) is 10.8 Å². The quantitative estimate of drug-likeness (QED) is 0.852. The average molecular weight is 338 g/mol. The van der Waals surface area contributed by atoms with Gasteiger partial charge in [-0.1, -0.05) is 49.1 Å². The Kier molecular flexibility index (Phi) is 6.40. The van der Waals surface area contributed by atoms with E-state index in [0.717, 1.165) is 18.4 Å². The van der Waals surface area contributed by atoms with Crippen LogP contribution in [0, 0.1) is 12.8 Å². The highest BCUT2D eigenvalue weighted by Crippen LogP contribution is 2.33. The molecule has 1 aromatic rings. The zero-order chi connectivity index (χ0) is 17.0. The molecule has 1 aliphatic carbocycles. The van der Waals surface area contributed by atoms with Gasteiger partial charge < -0.3 is 5.11 Å². The minimum absolute atomic E-state index is 0.279. The topological polar surface area (TPSA) is 49.3 Å². The third-order valence-corrected chi connectivity index (χ3v) is 6.28. The standard InChI is InChI=1S/C19H31NO2S/c1-14-10-12-15(13-11-14)17(20-23(22)19(2,3)4)18(21)16-8-6-5-7-9-16/h10-13,16-18,20-21H,5-9H2,1-4H3/t17-,18+,23?/m0/s1.